The third-order valence-corrected chi connectivity index (χ3v) is 5.36. The van der Waals surface area contributed by atoms with Crippen LogP contribution in [-0.2, 0) is 24.1 Å². The third-order valence-electron chi connectivity index (χ3n) is 4.31. The van der Waals surface area contributed by atoms with E-state index in [4.69, 9.17) is 14.2 Å². The van der Waals surface area contributed by atoms with Crippen LogP contribution in [0.25, 0.3) is 0 Å². The molecular formula is C19H22N6O5S. The number of nitrogens with zero attached hydrogens (tertiary/aromatic N) is 5. The van der Waals surface area contributed by atoms with E-state index in [1.54, 1.807) is 29.8 Å². The SMILES string of the molecule is COc1ccc(NC(=O)Cn2cc(OC)c(=O)cc2CSc2nnnn2C)cc1OC. The molecule has 12 heteroatoms. The van der Waals surface area contributed by atoms with Crippen molar-refractivity contribution < 1.29 is 19.0 Å². The van der Waals surface area contributed by atoms with Gasteiger partial charge in [0.2, 0.25) is 16.5 Å². The molecule has 31 heavy (non-hydrogen) atoms. The number of benzene rings is 1. The largest absolute Gasteiger partial charge is 0.493 e. The molecule has 0 saturated heterocycles. The van der Waals surface area contributed by atoms with Gasteiger partial charge >= 0.3 is 0 Å². The van der Waals surface area contributed by atoms with E-state index in [9.17, 15) is 9.59 Å². The highest BCUT2D eigenvalue weighted by molar-refractivity contribution is 7.98. The van der Waals surface area contributed by atoms with Gasteiger partial charge in [-0.25, -0.2) is 4.68 Å². The van der Waals surface area contributed by atoms with Gasteiger partial charge in [0.1, 0.15) is 6.54 Å². The Morgan fingerprint density at radius 2 is 1.84 bits per heavy atom. The summed E-state index contributed by atoms with van der Waals surface area (Å²) >= 11 is 1.35. The monoisotopic (exact) mass is 446 g/mol. The van der Waals surface area contributed by atoms with Crippen LogP contribution in [0.15, 0.2) is 40.4 Å². The van der Waals surface area contributed by atoms with Gasteiger partial charge in [-0.1, -0.05) is 11.8 Å². The summed E-state index contributed by atoms with van der Waals surface area (Å²) in [6.07, 6.45) is 1.52. The lowest BCUT2D eigenvalue weighted by atomic mass is 10.2. The van der Waals surface area contributed by atoms with Gasteiger partial charge in [0.25, 0.3) is 0 Å². The van der Waals surface area contributed by atoms with Gasteiger partial charge in [-0.05, 0) is 22.6 Å². The summed E-state index contributed by atoms with van der Waals surface area (Å²) in [5.41, 5.74) is 0.906. The summed E-state index contributed by atoms with van der Waals surface area (Å²) in [5.74, 6) is 1.30. The summed E-state index contributed by atoms with van der Waals surface area (Å²) in [7, 11) is 6.19. The van der Waals surface area contributed by atoms with Crippen molar-refractivity contribution in [3.63, 3.8) is 0 Å². The molecule has 0 spiro atoms. The zero-order valence-corrected chi connectivity index (χ0v) is 18.3. The van der Waals surface area contributed by atoms with E-state index in [1.165, 1.54) is 50.0 Å². The van der Waals surface area contributed by atoms with Crippen LogP contribution in [0.3, 0.4) is 0 Å². The second kappa shape index (κ2) is 9.98. The topological polar surface area (TPSA) is 122 Å². The Balaban J connectivity index is 1.79. The molecule has 0 aliphatic heterocycles. The van der Waals surface area contributed by atoms with Crippen LogP contribution in [0.4, 0.5) is 5.69 Å². The highest BCUT2D eigenvalue weighted by atomic mass is 32.2. The van der Waals surface area contributed by atoms with Gasteiger partial charge in [-0.15, -0.1) is 5.10 Å². The molecule has 1 aromatic carbocycles. The van der Waals surface area contributed by atoms with E-state index >= 15 is 0 Å². The predicted octanol–water partition coefficient (Wildman–Crippen LogP) is 1.33. The number of amides is 1. The van der Waals surface area contributed by atoms with Gasteiger partial charge in [0, 0.05) is 36.3 Å². The van der Waals surface area contributed by atoms with E-state index in [-0.39, 0.29) is 23.6 Å². The maximum atomic E-state index is 12.7. The lowest BCUT2D eigenvalue weighted by molar-refractivity contribution is -0.116. The number of ether oxygens (including phenoxy) is 3. The number of anilines is 1. The number of nitrogens with one attached hydrogen (secondary N) is 1. The number of thioether (sulfide) groups is 1. The standard InChI is InChI=1S/C19H22N6O5S/c1-24-19(21-22-23-24)31-11-13-8-14(26)17(30-4)9-25(13)10-18(27)20-12-5-6-15(28-2)16(7-12)29-3/h5-9H,10-11H2,1-4H3,(H,20,27). The van der Waals surface area contributed by atoms with Gasteiger partial charge < -0.3 is 24.1 Å². The van der Waals surface area contributed by atoms with Crippen LogP contribution in [0, 0.1) is 0 Å². The van der Waals surface area contributed by atoms with Crippen LogP contribution < -0.4 is 25.0 Å². The molecule has 0 fully saturated rings. The maximum absolute atomic E-state index is 12.7. The maximum Gasteiger partial charge on any atom is 0.244 e. The molecule has 3 rings (SSSR count). The Kier molecular flexibility index (Phi) is 7.13. The van der Waals surface area contributed by atoms with Crippen LogP contribution in [-0.4, -0.2) is 52.0 Å². The molecule has 0 saturated carbocycles. The Hall–Kier alpha value is -3.54. The van der Waals surface area contributed by atoms with Gasteiger partial charge in [-0.2, -0.15) is 0 Å². The molecule has 0 bridgehead atoms. The number of hydrogen-bond acceptors (Lipinski definition) is 9. The quantitative estimate of drug-likeness (QED) is 0.485. The Bertz CT molecular complexity index is 1130. The number of methoxy groups -OCH3 is 3. The van der Waals surface area contributed by atoms with Crippen molar-refractivity contribution in [2.24, 2.45) is 7.05 Å². The van der Waals surface area contributed by atoms with Gasteiger partial charge in [0.15, 0.2) is 17.2 Å². The number of carbonyl (C=O) groups is 1. The Morgan fingerprint density at radius 3 is 2.48 bits per heavy atom. The number of rotatable bonds is 9. The number of pyridine rings is 1. The van der Waals surface area contributed by atoms with Gasteiger partial charge in [0.05, 0.1) is 27.5 Å². The van der Waals surface area contributed by atoms with Crippen molar-refractivity contribution in [3.05, 3.63) is 46.4 Å². The number of hydrogen-bond donors (Lipinski definition) is 1. The van der Waals surface area contributed by atoms with Crippen LogP contribution in [0.2, 0.25) is 0 Å². The van der Waals surface area contributed by atoms with E-state index in [1.807, 2.05) is 0 Å². The minimum Gasteiger partial charge on any atom is -0.493 e. The highest BCUT2D eigenvalue weighted by Crippen LogP contribution is 2.29. The van der Waals surface area contributed by atoms with Gasteiger partial charge in [-0.3, -0.25) is 9.59 Å². The molecule has 0 aliphatic carbocycles. The molecule has 2 heterocycles. The van der Waals surface area contributed by atoms with Crippen molar-refractivity contribution >= 4 is 23.4 Å². The average Bonchev–Trinajstić information content (AvgIpc) is 3.18. The summed E-state index contributed by atoms with van der Waals surface area (Å²) in [6, 6.07) is 6.52. The molecule has 3 aromatic rings. The van der Waals surface area contributed by atoms with Crippen molar-refractivity contribution in [2.75, 3.05) is 26.6 Å². The molecule has 1 amide bonds. The first-order valence-electron chi connectivity index (χ1n) is 9.09. The zero-order chi connectivity index (χ0) is 22.4. The fourth-order valence-corrected chi connectivity index (χ4v) is 3.61. The van der Waals surface area contributed by atoms with Crippen molar-refractivity contribution in [2.45, 2.75) is 17.5 Å². The molecule has 0 aliphatic rings. The van der Waals surface area contributed by atoms with E-state index in [0.29, 0.717) is 33.8 Å². The zero-order valence-electron chi connectivity index (χ0n) is 17.5. The smallest absolute Gasteiger partial charge is 0.244 e. The van der Waals surface area contributed by atoms with E-state index in [0.717, 1.165) is 0 Å². The molecule has 1 N–H and O–H groups in total. The van der Waals surface area contributed by atoms with E-state index < -0.39 is 0 Å². The summed E-state index contributed by atoms with van der Waals surface area (Å²) < 4.78 is 18.8. The highest BCUT2D eigenvalue weighted by Gasteiger charge is 2.14. The second-order valence-corrected chi connectivity index (χ2v) is 7.26. The molecule has 0 unspecified atom stereocenters. The summed E-state index contributed by atoms with van der Waals surface area (Å²) in [5, 5.41) is 14.7. The fraction of sp³-hybridized carbons (Fsp3) is 0.316. The second-order valence-electron chi connectivity index (χ2n) is 6.32. The number of aromatic nitrogens is 5. The number of carbonyl (C=O) groups excluding carboxylic acids is 1. The molecule has 164 valence electrons. The minimum absolute atomic E-state index is 0.0298. The molecular weight excluding hydrogens is 424 g/mol. The van der Waals surface area contributed by atoms with E-state index in [2.05, 4.69) is 20.8 Å². The minimum atomic E-state index is -0.288. The predicted molar refractivity (Wildman–Crippen MR) is 114 cm³/mol. The average molecular weight is 446 g/mol. The third kappa shape index (κ3) is 5.34. The number of tetrazole rings is 1. The first-order chi connectivity index (χ1) is 14.9. The molecule has 0 radical (unpaired) electrons. The Labute approximate surface area is 182 Å². The molecule has 0 atom stereocenters. The van der Waals surface area contributed by atoms with Crippen molar-refractivity contribution in [1.82, 2.24) is 24.8 Å². The first-order valence-corrected chi connectivity index (χ1v) is 10.1. The number of aryl methyl sites for hydroxylation is 1. The van der Waals surface area contributed by atoms with Crippen molar-refractivity contribution in [1.29, 1.82) is 0 Å². The normalized spacial score (nSPS) is 10.6. The molecule has 2 aromatic heterocycles. The lowest BCUT2D eigenvalue weighted by Crippen LogP contribution is -2.22. The first kappa shape index (κ1) is 22.2. The van der Waals surface area contributed by atoms with Crippen LogP contribution in [0.5, 0.6) is 17.2 Å². The fourth-order valence-electron chi connectivity index (χ4n) is 2.77. The van der Waals surface area contributed by atoms with Crippen molar-refractivity contribution in [3.8, 4) is 17.2 Å². The lowest BCUT2D eigenvalue weighted by Gasteiger charge is -2.15. The molecule has 11 nitrogen and oxygen atoms in total. The van der Waals surface area contributed by atoms with Crippen LogP contribution >= 0.6 is 11.8 Å². The Morgan fingerprint density at radius 1 is 1.10 bits per heavy atom. The summed E-state index contributed by atoms with van der Waals surface area (Å²) in [4.78, 5) is 24.9. The summed E-state index contributed by atoms with van der Waals surface area (Å²) in [6.45, 7) is -0.0298. The van der Waals surface area contributed by atoms with Crippen LogP contribution in [0.1, 0.15) is 5.69 Å².